The first-order valence-electron chi connectivity index (χ1n) is 7.27. The SMILES string of the molecule is COCCN(CCCN)C(=O)C1C2CCCCC21. The summed E-state index contributed by atoms with van der Waals surface area (Å²) < 4.78 is 5.10. The molecular formula is C14H26N2O2. The number of nitrogens with two attached hydrogens (primary N) is 1. The highest BCUT2D eigenvalue weighted by molar-refractivity contribution is 5.82. The normalized spacial score (nSPS) is 29.8. The fraction of sp³-hybridized carbons (Fsp3) is 0.929. The van der Waals surface area contributed by atoms with Crippen molar-refractivity contribution in [1.29, 1.82) is 0 Å². The van der Waals surface area contributed by atoms with E-state index in [2.05, 4.69) is 0 Å². The maximum Gasteiger partial charge on any atom is 0.226 e. The molecule has 2 atom stereocenters. The average Bonchev–Trinajstić information content (AvgIpc) is 3.12. The summed E-state index contributed by atoms with van der Waals surface area (Å²) in [4.78, 5) is 14.5. The van der Waals surface area contributed by atoms with Crippen LogP contribution in [0.25, 0.3) is 0 Å². The molecular weight excluding hydrogens is 228 g/mol. The van der Waals surface area contributed by atoms with Crippen molar-refractivity contribution in [3.05, 3.63) is 0 Å². The third kappa shape index (κ3) is 3.04. The Bertz CT molecular complexity index is 263. The van der Waals surface area contributed by atoms with Crippen LogP contribution in [-0.4, -0.2) is 44.2 Å². The van der Waals surface area contributed by atoms with E-state index in [0.717, 1.165) is 13.0 Å². The highest BCUT2D eigenvalue weighted by Gasteiger charge is 2.55. The molecule has 104 valence electrons. The Morgan fingerprint density at radius 1 is 1.28 bits per heavy atom. The first kappa shape index (κ1) is 13.8. The Morgan fingerprint density at radius 3 is 2.50 bits per heavy atom. The number of amides is 1. The highest BCUT2D eigenvalue weighted by Crippen LogP contribution is 2.56. The average molecular weight is 254 g/mol. The summed E-state index contributed by atoms with van der Waals surface area (Å²) in [5.74, 6) is 2.06. The lowest BCUT2D eigenvalue weighted by atomic mass is 10.0. The topological polar surface area (TPSA) is 55.6 Å². The minimum absolute atomic E-state index is 0.321. The first-order valence-corrected chi connectivity index (χ1v) is 7.27. The summed E-state index contributed by atoms with van der Waals surface area (Å²) in [6.45, 7) is 2.77. The van der Waals surface area contributed by atoms with E-state index in [4.69, 9.17) is 10.5 Å². The Kier molecular flexibility index (Phi) is 5.01. The maximum atomic E-state index is 12.5. The number of hydrogen-bond acceptors (Lipinski definition) is 3. The van der Waals surface area contributed by atoms with Gasteiger partial charge in [0.05, 0.1) is 6.61 Å². The van der Waals surface area contributed by atoms with Crippen molar-refractivity contribution in [3.8, 4) is 0 Å². The van der Waals surface area contributed by atoms with Gasteiger partial charge in [-0.2, -0.15) is 0 Å². The number of rotatable bonds is 7. The van der Waals surface area contributed by atoms with E-state index in [0.29, 0.717) is 43.4 Å². The molecule has 2 saturated carbocycles. The van der Waals surface area contributed by atoms with Crippen molar-refractivity contribution < 1.29 is 9.53 Å². The van der Waals surface area contributed by atoms with Gasteiger partial charge in [0.2, 0.25) is 5.91 Å². The van der Waals surface area contributed by atoms with E-state index in [1.807, 2.05) is 4.90 Å². The van der Waals surface area contributed by atoms with E-state index < -0.39 is 0 Å². The monoisotopic (exact) mass is 254 g/mol. The van der Waals surface area contributed by atoms with Gasteiger partial charge in [0.1, 0.15) is 0 Å². The number of methoxy groups -OCH3 is 1. The van der Waals surface area contributed by atoms with Crippen LogP contribution in [0.1, 0.15) is 32.1 Å². The number of hydrogen-bond donors (Lipinski definition) is 1. The Balaban J connectivity index is 1.86. The molecule has 18 heavy (non-hydrogen) atoms. The van der Waals surface area contributed by atoms with Crippen LogP contribution >= 0.6 is 0 Å². The van der Waals surface area contributed by atoms with E-state index in [1.165, 1.54) is 25.7 Å². The van der Waals surface area contributed by atoms with Gasteiger partial charge in [-0.25, -0.2) is 0 Å². The highest BCUT2D eigenvalue weighted by atomic mass is 16.5. The van der Waals surface area contributed by atoms with Crippen LogP contribution in [-0.2, 0) is 9.53 Å². The molecule has 2 N–H and O–H groups in total. The second-order valence-electron chi connectivity index (χ2n) is 5.60. The number of ether oxygens (including phenoxy) is 1. The second kappa shape index (κ2) is 6.53. The molecule has 4 heteroatoms. The van der Waals surface area contributed by atoms with Crippen molar-refractivity contribution in [3.63, 3.8) is 0 Å². The zero-order valence-corrected chi connectivity index (χ0v) is 11.4. The van der Waals surface area contributed by atoms with Crippen molar-refractivity contribution in [2.75, 3.05) is 33.4 Å². The molecule has 0 radical (unpaired) electrons. The molecule has 2 aliphatic carbocycles. The number of fused-ring (bicyclic) bond motifs is 1. The van der Waals surface area contributed by atoms with E-state index in [-0.39, 0.29) is 0 Å². The molecule has 0 aromatic heterocycles. The zero-order valence-electron chi connectivity index (χ0n) is 11.4. The summed E-state index contributed by atoms with van der Waals surface area (Å²) in [7, 11) is 1.68. The summed E-state index contributed by atoms with van der Waals surface area (Å²) >= 11 is 0. The van der Waals surface area contributed by atoms with Gasteiger partial charge in [0, 0.05) is 26.1 Å². The summed E-state index contributed by atoms with van der Waals surface area (Å²) in [6, 6.07) is 0. The van der Waals surface area contributed by atoms with Crippen LogP contribution in [0.3, 0.4) is 0 Å². The smallest absolute Gasteiger partial charge is 0.226 e. The van der Waals surface area contributed by atoms with Crippen LogP contribution in [0.5, 0.6) is 0 Å². The van der Waals surface area contributed by atoms with Crippen molar-refractivity contribution in [1.82, 2.24) is 4.90 Å². The van der Waals surface area contributed by atoms with Crippen molar-refractivity contribution >= 4 is 5.91 Å². The number of carbonyl (C=O) groups is 1. The summed E-state index contributed by atoms with van der Waals surface area (Å²) in [5, 5.41) is 0. The minimum atomic E-state index is 0.321. The van der Waals surface area contributed by atoms with Crippen LogP contribution < -0.4 is 5.73 Å². The minimum Gasteiger partial charge on any atom is -0.383 e. The third-order valence-electron chi connectivity index (χ3n) is 4.45. The molecule has 2 aliphatic rings. The molecule has 0 saturated heterocycles. The second-order valence-corrected chi connectivity index (χ2v) is 5.60. The molecule has 0 aliphatic heterocycles. The lowest BCUT2D eigenvalue weighted by Crippen LogP contribution is -2.37. The molecule has 0 bridgehead atoms. The van der Waals surface area contributed by atoms with Crippen molar-refractivity contribution in [2.45, 2.75) is 32.1 Å². The predicted octanol–water partition coefficient (Wildman–Crippen LogP) is 1.25. The van der Waals surface area contributed by atoms with Gasteiger partial charge in [0.25, 0.3) is 0 Å². The van der Waals surface area contributed by atoms with Crippen LogP contribution in [0.15, 0.2) is 0 Å². The molecule has 0 heterocycles. The van der Waals surface area contributed by atoms with Gasteiger partial charge >= 0.3 is 0 Å². The largest absolute Gasteiger partial charge is 0.383 e. The van der Waals surface area contributed by atoms with E-state index in [9.17, 15) is 4.79 Å². The molecule has 0 aromatic rings. The molecule has 2 fully saturated rings. The third-order valence-corrected chi connectivity index (χ3v) is 4.45. The standard InChI is InChI=1S/C14H26N2O2/c1-18-10-9-16(8-4-7-15)14(17)13-11-5-2-3-6-12(11)13/h11-13H,2-10,15H2,1H3. The lowest BCUT2D eigenvalue weighted by Gasteiger charge is -2.22. The van der Waals surface area contributed by atoms with Gasteiger partial charge in [-0.3, -0.25) is 4.79 Å². The molecule has 2 unspecified atom stereocenters. The van der Waals surface area contributed by atoms with E-state index in [1.54, 1.807) is 7.11 Å². The zero-order chi connectivity index (χ0) is 13.0. The Labute approximate surface area is 110 Å². The number of nitrogens with zero attached hydrogens (tertiary/aromatic N) is 1. The fourth-order valence-electron chi connectivity index (χ4n) is 3.39. The lowest BCUT2D eigenvalue weighted by molar-refractivity contribution is -0.133. The Hall–Kier alpha value is -0.610. The molecule has 1 amide bonds. The van der Waals surface area contributed by atoms with Gasteiger partial charge in [0.15, 0.2) is 0 Å². The maximum absolute atomic E-state index is 12.5. The van der Waals surface area contributed by atoms with E-state index >= 15 is 0 Å². The van der Waals surface area contributed by atoms with Crippen LogP contribution in [0, 0.1) is 17.8 Å². The molecule has 0 spiro atoms. The van der Waals surface area contributed by atoms with Gasteiger partial charge in [-0.05, 0) is 37.6 Å². The predicted molar refractivity (Wildman–Crippen MR) is 71.1 cm³/mol. The quantitative estimate of drug-likeness (QED) is 0.744. The summed E-state index contributed by atoms with van der Waals surface area (Å²) in [5.41, 5.74) is 5.55. The van der Waals surface area contributed by atoms with Gasteiger partial charge in [-0.15, -0.1) is 0 Å². The Morgan fingerprint density at radius 2 is 1.94 bits per heavy atom. The van der Waals surface area contributed by atoms with Crippen LogP contribution in [0.4, 0.5) is 0 Å². The van der Waals surface area contributed by atoms with Gasteiger partial charge in [-0.1, -0.05) is 12.8 Å². The van der Waals surface area contributed by atoms with Crippen LogP contribution in [0.2, 0.25) is 0 Å². The van der Waals surface area contributed by atoms with Gasteiger partial charge < -0.3 is 15.4 Å². The van der Waals surface area contributed by atoms with Crippen molar-refractivity contribution in [2.24, 2.45) is 23.5 Å². The molecule has 4 nitrogen and oxygen atoms in total. The molecule has 0 aromatic carbocycles. The summed E-state index contributed by atoms with van der Waals surface area (Å²) in [6.07, 6.45) is 6.03. The number of carbonyl (C=O) groups excluding carboxylic acids is 1. The fourth-order valence-corrected chi connectivity index (χ4v) is 3.39. The first-order chi connectivity index (χ1) is 8.79. The molecule has 2 rings (SSSR count).